The van der Waals surface area contributed by atoms with E-state index in [9.17, 15) is 22.8 Å². The van der Waals surface area contributed by atoms with Crippen molar-refractivity contribution in [3.8, 4) is 0 Å². The summed E-state index contributed by atoms with van der Waals surface area (Å²) >= 11 is 0. The molecule has 0 radical (unpaired) electrons. The van der Waals surface area contributed by atoms with Gasteiger partial charge in [-0.25, -0.2) is 4.79 Å². The van der Waals surface area contributed by atoms with E-state index in [2.05, 4.69) is 5.32 Å². The lowest BCUT2D eigenvalue weighted by molar-refractivity contribution is -0.145. The van der Waals surface area contributed by atoms with Crippen LogP contribution in [0.3, 0.4) is 0 Å². The van der Waals surface area contributed by atoms with Crippen molar-refractivity contribution in [2.45, 2.75) is 24.6 Å². The van der Waals surface area contributed by atoms with Crippen LogP contribution in [0.1, 0.15) is 28.2 Å². The highest BCUT2D eigenvalue weighted by Gasteiger charge is 2.32. The highest BCUT2D eigenvalue weighted by Crippen LogP contribution is 2.30. The second kappa shape index (κ2) is 10.1. The Hall–Kier alpha value is -3.61. The molecule has 166 valence electrons. The number of carbonyl (C=O) groups excluding carboxylic acids is 2. The number of benzene rings is 3. The summed E-state index contributed by atoms with van der Waals surface area (Å²) < 4.78 is 44.0. The first-order valence-electron chi connectivity index (χ1n) is 9.94. The molecule has 3 rings (SSSR count). The minimum atomic E-state index is -4.51. The van der Waals surface area contributed by atoms with Gasteiger partial charge in [0.15, 0.2) is 0 Å². The van der Waals surface area contributed by atoms with E-state index in [4.69, 9.17) is 4.74 Å². The molecule has 1 N–H and O–H groups in total. The molecule has 0 aliphatic carbocycles. The summed E-state index contributed by atoms with van der Waals surface area (Å²) in [5.41, 5.74) is 0.876. The molecule has 4 nitrogen and oxygen atoms in total. The van der Waals surface area contributed by atoms with Crippen molar-refractivity contribution in [1.82, 2.24) is 5.32 Å². The number of esters is 1. The number of methoxy groups -OCH3 is 1. The van der Waals surface area contributed by atoms with Gasteiger partial charge in [-0.15, -0.1) is 0 Å². The van der Waals surface area contributed by atoms with Crippen molar-refractivity contribution in [2.24, 2.45) is 0 Å². The third-order valence-electron chi connectivity index (χ3n) is 5.02. The Morgan fingerprint density at radius 2 is 1.44 bits per heavy atom. The number of carbonyl (C=O) groups is 2. The van der Waals surface area contributed by atoms with Gasteiger partial charge in [0.1, 0.15) is 6.04 Å². The Balaban J connectivity index is 1.89. The zero-order valence-electron chi connectivity index (χ0n) is 17.3. The van der Waals surface area contributed by atoms with Crippen LogP contribution in [0.4, 0.5) is 13.2 Å². The molecule has 3 aromatic carbocycles. The molecular weight excluding hydrogens is 419 g/mol. The number of hydrogen-bond donors (Lipinski definition) is 1. The first-order chi connectivity index (χ1) is 15.3. The summed E-state index contributed by atoms with van der Waals surface area (Å²) in [4.78, 5) is 25.7. The molecule has 0 saturated heterocycles. The number of alkyl halides is 3. The molecule has 0 fully saturated rings. The molecule has 7 heteroatoms. The van der Waals surface area contributed by atoms with E-state index in [1.165, 1.54) is 19.2 Å². The highest BCUT2D eigenvalue weighted by atomic mass is 19.4. The standard InChI is InChI=1S/C25H22F3NO3/c1-32-24(31)21(16-17-9-8-14-20(15-17)25(26,27)28)29-23(30)22(18-10-4-2-5-11-18)19-12-6-3-7-13-19/h2-15,21-22H,16H2,1H3,(H,29,30)/t21-/m0/s1. The largest absolute Gasteiger partial charge is 0.467 e. The number of ether oxygens (including phenoxy) is 1. The smallest absolute Gasteiger partial charge is 0.416 e. The minimum Gasteiger partial charge on any atom is -0.467 e. The Kier molecular flexibility index (Phi) is 7.30. The van der Waals surface area contributed by atoms with Crippen molar-refractivity contribution in [3.05, 3.63) is 107 Å². The lowest BCUT2D eigenvalue weighted by Crippen LogP contribution is -2.45. The molecule has 1 amide bonds. The quantitative estimate of drug-likeness (QED) is 0.539. The van der Waals surface area contributed by atoms with Crippen LogP contribution in [0.25, 0.3) is 0 Å². The van der Waals surface area contributed by atoms with Crippen LogP contribution in [0.15, 0.2) is 84.9 Å². The summed E-state index contributed by atoms with van der Waals surface area (Å²) in [6.07, 6.45) is -4.65. The average molecular weight is 441 g/mol. The predicted octanol–water partition coefficient (Wildman–Crippen LogP) is 4.74. The van der Waals surface area contributed by atoms with Gasteiger partial charge < -0.3 is 10.1 Å². The first-order valence-corrected chi connectivity index (χ1v) is 9.94. The topological polar surface area (TPSA) is 55.4 Å². The van der Waals surface area contributed by atoms with Gasteiger partial charge in [-0.2, -0.15) is 13.2 Å². The van der Waals surface area contributed by atoms with E-state index in [1.54, 1.807) is 48.5 Å². The van der Waals surface area contributed by atoms with Crippen LogP contribution < -0.4 is 5.32 Å². The predicted molar refractivity (Wildman–Crippen MR) is 114 cm³/mol. The molecule has 0 spiro atoms. The Morgan fingerprint density at radius 3 is 1.94 bits per heavy atom. The van der Waals surface area contributed by atoms with Gasteiger partial charge in [0.25, 0.3) is 0 Å². The number of halogens is 3. The molecule has 0 aromatic heterocycles. The first kappa shape index (κ1) is 23.1. The van der Waals surface area contributed by atoms with E-state index in [0.29, 0.717) is 0 Å². The van der Waals surface area contributed by atoms with Crippen LogP contribution in [0, 0.1) is 0 Å². The summed E-state index contributed by atoms with van der Waals surface area (Å²) in [6, 6.07) is 21.6. The van der Waals surface area contributed by atoms with Crippen LogP contribution in [-0.2, 0) is 26.9 Å². The van der Waals surface area contributed by atoms with Gasteiger partial charge in [-0.3, -0.25) is 4.79 Å². The maximum atomic E-state index is 13.3. The summed E-state index contributed by atoms with van der Waals surface area (Å²) in [7, 11) is 1.17. The van der Waals surface area contributed by atoms with Gasteiger partial charge in [0.2, 0.25) is 5.91 Å². The molecule has 0 unspecified atom stereocenters. The van der Waals surface area contributed by atoms with Gasteiger partial charge in [0.05, 0.1) is 18.6 Å². The normalized spacial score (nSPS) is 12.3. The maximum absolute atomic E-state index is 13.3. The second-order valence-corrected chi connectivity index (χ2v) is 7.24. The van der Waals surface area contributed by atoms with E-state index in [0.717, 1.165) is 23.3 Å². The molecule has 32 heavy (non-hydrogen) atoms. The summed E-state index contributed by atoms with van der Waals surface area (Å²) in [6.45, 7) is 0. The summed E-state index contributed by atoms with van der Waals surface area (Å²) in [5, 5.41) is 2.68. The molecule has 3 aromatic rings. The third kappa shape index (κ3) is 5.75. The molecule has 0 bridgehead atoms. The Bertz CT molecular complexity index is 1010. The van der Waals surface area contributed by atoms with Crippen molar-refractivity contribution in [3.63, 3.8) is 0 Å². The van der Waals surface area contributed by atoms with Gasteiger partial charge >= 0.3 is 12.1 Å². The van der Waals surface area contributed by atoms with E-state index >= 15 is 0 Å². The monoisotopic (exact) mass is 441 g/mol. The van der Waals surface area contributed by atoms with Crippen LogP contribution >= 0.6 is 0 Å². The fourth-order valence-electron chi connectivity index (χ4n) is 3.49. The number of amides is 1. The average Bonchev–Trinajstić information content (AvgIpc) is 2.79. The van der Waals surface area contributed by atoms with Gasteiger partial charge in [-0.05, 0) is 22.8 Å². The fraction of sp³-hybridized carbons (Fsp3) is 0.200. The molecular formula is C25H22F3NO3. The van der Waals surface area contributed by atoms with Crippen molar-refractivity contribution < 1.29 is 27.5 Å². The Labute approximate surface area is 184 Å². The third-order valence-corrected chi connectivity index (χ3v) is 5.02. The number of rotatable bonds is 7. The van der Waals surface area contributed by atoms with Crippen molar-refractivity contribution in [1.29, 1.82) is 0 Å². The maximum Gasteiger partial charge on any atom is 0.416 e. The number of nitrogens with one attached hydrogen (secondary N) is 1. The van der Waals surface area contributed by atoms with E-state index in [1.807, 2.05) is 12.1 Å². The van der Waals surface area contributed by atoms with Gasteiger partial charge in [-0.1, -0.05) is 78.9 Å². The highest BCUT2D eigenvalue weighted by molar-refractivity contribution is 5.91. The molecule has 0 heterocycles. The zero-order chi connectivity index (χ0) is 23.1. The van der Waals surface area contributed by atoms with Crippen molar-refractivity contribution in [2.75, 3.05) is 7.11 Å². The SMILES string of the molecule is COC(=O)[C@H](Cc1cccc(C(F)(F)F)c1)NC(=O)C(c1ccccc1)c1ccccc1. The lowest BCUT2D eigenvalue weighted by Gasteiger charge is -2.22. The molecule has 0 aliphatic heterocycles. The van der Waals surface area contributed by atoms with Crippen molar-refractivity contribution >= 4 is 11.9 Å². The number of hydrogen-bond acceptors (Lipinski definition) is 3. The lowest BCUT2D eigenvalue weighted by atomic mass is 9.90. The Morgan fingerprint density at radius 1 is 0.875 bits per heavy atom. The fourth-order valence-corrected chi connectivity index (χ4v) is 3.49. The van der Waals surface area contributed by atoms with Gasteiger partial charge in [0, 0.05) is 6.42 Å². The minimum absolute atomic E-state index is 0.140. The van der Waals surface area contributed by atoms with Crippen LogP contribution in [-0.4, -0.2) is 25.0 Å². The second-order valence-electron chi connectivity index (χ2n) is 7.24. The zero-order valence-corrected chi connectivity index (χ0v) is 17.3. The van der Waals surface area contributed by atoms with Crippen LogP contribution in [0.2, 0.25) is 0 Å². The molecule has 0 aliphatic rings. The molecule has 1 atom stereocenters. The summed E-state index contributed by atoms with van der Waals surface area (Å²) in [5.74, 6) is -1.90. The molecule has 0 saturated carbocycles. The van der Waals surface area contributed by atoms with E-state index < -0.39 is 35.6 Å². The van der Waals surface area contributed by atoms with E-state index in [-0.39, 0.29) is 12.0 Å². The van der Waals surface area contributed by atoms with Crippen LogP contribution in [0.5, 0.6) is 0 Å².